The summed E-state index contributed by atoms with van der Waals surface area (Å²) in [6, 6.07) is 16.2. The van der Waals surface area contributed by atoms with E-state index in [1.54, 1.807) is 0 Å². The lowest BCUT2D eigenvalue weighted by Crippen LogP contribution is -2.06. The Balaban J connectivity index is 2.26. The molecule has 1 atom stereocenters. The number of para-hydroxylation sites is 1. The quantitative estimate of drug-likeness (QED) is 0.661. The van der Waals surface area contributed by atoms with Crippen LogP contribution in [-0.2, 0) is 0 Å². The highest BCUT2D eigenvalue weighted by atomic mass is 35.5. The average Bonchev–Trinajstić information content (AvgIpc) is 2.76. The highest BCUT2D eigenvalue weighted by molar-refractivity contribution is 7.71. The number of imidazole rings is 1. The lowest BCUT2D eigenvalue weighted by molar-refractivity contribution is 0.649. The van der Waals surface area contributed by atoms with E-state index >= 15 is 0 Å². The predicted molar refractivity (Wildman–Crippen MR) is 82.4 cm³/mol. The van der Waals surface area contributed by atoms with E-state index in [1.807, 2.05) is 36.4 Å². The smallest absolute Gasteiger partial charge is 0.178 e. The van der Waals surface area contributed by atoms with Gasteiger partial charge in [-0.05, 0) is 36.8 Å². The zero-order chi connectivity index (χ0) is 13.4. The van der Waals surface area contributed by atoms with E-state index in [2.05, 4.69) is 28.6 Å². The molecule has 0 radical (unpaired) electrons. The van der Waals surface area contributed by atoms with E-state index < -0.39 is 0 Å². The normalized spacial score (nSPS) is 12.7. The first-order valence-electron chi connectivity index (χ1n) is 6.12. The Morgan fingerprint density at radius 1 is 1.11 bits per heavy atom. The summed E-state index contributed by atoms with van der Waals surface area (Å²) in [7, 11) is 0. The van der Waals surface area contributed by atoms with Crippen LogP contribution in [0.1, 0.15) is 18.5 Å². The van der Waals surface area contributed by atoms with Gasteiger partial charge in [0, 0.05) is 0 Å². The second-order valence-electron chi connectivity index (χ2n) is 4.52. The summed E-state index contributed by atoms with van der Waals surface area (Å²) in [6.45, 7) is 2.13. The van der Waals surface area contributed by atoms with Gasteiger partial charge < -0.3 is 9.55 Å². The molecule has 0 aliphatic rings. The Hall–Kier alpha value is -1.58. The lowest BCUT2D eigenvalue weighted by Gasteiger charge is -2.15. The highest BCUT2D eigenvalue weighted by Gasteiger charge is 2.14. The van der Waals surface area contributed by atoms with Gasteiger partial charge in [0.25, 0.3) is 0 Å². The van der Waals surface area contributed by atoms with Crippen molar-refractivity contribution in [2.75, 3.05) is 0 Å². The van der Waals surface area contributed by atoms with Crippen molar-refractivity contribution in [1.29, 1.82) is 0 Å². The predicted octanol–water partition coefficient (Wildman–Crippen LogP) is 4.96. The van der Waals surface area contributed by atoms with Crippen LogP contribution >= 0.6 is 23.8 Å². The summed E-state index contributed by atoms with van der Waals surface area (Å²) < 4.78 is 2.77. The van der Waals surface area contributed by atoms with Gasteiger partial charge in [-0.2, -0.15) is 0 Å². The van der Waals surface area contributed by atoms with Gasteiger partial charge in [0.15, 0.2) is 4.77 Å². The number of rotatable bonds is 2. The molecule has 19 heavy (non-hydrogen) atoms. The second-order valence-corrected chi connectivity index (χ2v) is 5.32. The molecule has 0 fully saturated rings. The van der Waals surface area contributed by atoms with Crippen molar-refractivity contribution < 1.29 is 0 Å². The largest absolute Gasteiger partial charge is 0.331 e. The number of benzene rings is 2. The van der Waals surface area contributed by atoms with Gasteiger partial charge in [0.1, 0.15) is 0 Å². The van der Waals surface area contributed by atoms with Gasteiger partial charge in [0.05, 0.1) is 22.1 Å². The van der Waals surface area contributed by atoms with Crippen molar-refractivity contribution in [2.45, 2.75) is 13.0 Å². The Morgan fingerprint density at radius 2 is 1.84 bits per heavy atom. The van der Waals surface area contributed by atoms with Crippen LogP contribution in [0.4, 0.5) is 0 Å². The SMILES string of the molecule is CC(c1ccccc1)n1c(=S)[nH]c2cccc(Cl)c21. The third kappa shape index (κ3) is 2.09. The monoisotopic (exact) mass is 288 g/mol. The maximum atomic E-state index is 6.32. The molecule has 4 heteroatoms. The van der Waals surface area contributed by atoms with Crippen LogP contribution in [0.5, 0.6) is 0 Å². The minimum absolute atomic E-state index is 0.141. The van der Waals surface area contributed by atoms with E-state index in [0.717, 1.165) is 11.0 Å². The molecule has 0 amide bonds. The van der Waals surface area contributed by atoms with E-state index in [1.165, 1.54) is 5.56 Å². The minimum Gasteiger partial charge on any atom is -0.331 e. The van der Waals surface area contributed by atoms with Gasteiger partial charge in [-0.25, -0.2) is 0 Å². The molecule has 1 unspecified atom stereocenters. The summed E-state index contributed by atoms with van der Waals surface area (Å²) in [5.41, 5.74) is 3.14. The summed E-state index contributed by atoms with van der Waals surface area (Å²) in [6.07, 6.45) is 0. The number of hydrogen-bond donors (Lipinski definition) is 1. The molecule has 2 nitrogen and oxygen atoms in total. The van der Waals surface area contributed by atoms with Crippen LogP contribution in [0.15, 0.2) is 48.5 Å². The molecule has 0 aliphatic heterocycles. The van der Waals surface area contributed by atoms with Gasteiger partial charge in [-0.15, -0.1) is 0 Å². The molecular formula is C15H13ClN2S. The number of aromatic nitrogens is 2. The summed E-state index contributed by atoms with van der Waals surface area (Å²) >= 11 is 11.8. The maximum absolute atomic E-state index is 6.32. The first-order valence-corrected chi connectivity index (χ1v) is 6.91. The van der Waals surface area contributed by atoms with Crippen molar-refractivity contribution in [3.05, 3.63) is 63.9 Å². The molecule has 0 saturated carbocycles. The third-order valence-corrected chi connectivity index (χ3v) is 3.96. The standard InChI is InChI=1S/C15H13ClN2S/c1-10(11-6-3-2-4-7-11)18-14-12(16)8-5-9-13(14)17-15(18)19/h2-10H,1H3,(H,17,19). The second kappa shape index (κ2) is 4.83. The van der Waals surface area contributed by atoms with Crippen LogP contribution in [0, 0.1) is 4.77 Å². The van der Waals surface area contributed by atoms with Crippen LogP contribution < -0.4 is 0 Å². The fraction of sp³-hybridized carbons (Fsp3) is 0.133. The van der Waals surface area contributed by atoms with Crippen molar-refractivity contribution in [2.24, 2.45) is 0 Å². The average molecular weight is 289 g/mol. The number of nitrogens with zero attached hydrogens (tertiary/aromatic N) is 1. The third-order valence-electron chi connectivity index (χ3n) is 3.36. The minimum atomic E-state index is 0.141. The highest BCUT2D eigenvalue weighted by Crippen LogP contribution is 2.29. The number of fused-ring (bicyclic) bond motifs is 1. The maximum Gasteiger partial charge on any atom is 0.178 e. The van der Waals surface area contributed by atoms with Crippen molar-refractivity contribution >= 4 is 34.9 Å². The lowest BCUT2D eigenvalue weighted by atomic mass is 10.1. The van der Waals surface area contributed by atoms with Gasteiger partial charge in [-0.3, -0.25) is 0 Å². The van der Waals surface area contributed by atoms with Gasteiger partial charge in [-0.1, -0.05) is 48.0 Å². The Morgan fingerprint density at radius 3 is 2.58 bits per heavy atom. The molecule has 1 heterocycles. The molecule has 1 N–H and O–H groups in total. The number of nitrogens with one attached hydrogen (secondary N) is 1. The Labute approximate surface area is 121 Å². The molecule has 0 bridgehead atoms. The van der Waals surface area contributed by atoms with Crippen molar-refractivity contribution in [3.8, 4) is 0 Å². The number of aromatic amines is 1. The number of H-pyrrole nitrogens is 1. The summed E-state index contributed by atoms with van der Waals surface area (Å²) in [4.78, 5) is 3.21. The first-order chi connectivity index (χ1) is 9.18. The summed E-state index contributed by atoms with van der Waals surface area (Å²) in [5, 5.41) is 0.715. The molecule has 2 aromatic carbocycles. The van der Waals surface area contributed by atoms with Crippen LogP contribution in [0.25, 0.3) is 11.0 Å². The van der Waals surface area contributed by atoms with E-state index in [0.29, 0.717) is 9.79 Å². The van der Waals surface area contributed by atoms with Gasteiger partial charge >= 0.3 is 0 Å². The summed E-state index contributed by atoms with van der Waals surface area (Å²) in [5.74, 6) is 0. The number of hydrogen-bond acceptors (Lipinski definition) is 1. The van der Waals surface area contributed by atoms with Crippen molar-refractivity contribution in [3.63, 3.8) is 0 Å². The molecule has 0 saturated heterocycles. The fourth-order valence-electron chi connectivity index (χ4n) is 2.39. The van der Waals surface area contributed by atoms with Crippen LogP contribution in [0.3, 0.4) is 0 Å². The van der Waals surface area contributed by atoms with E-state index in [-0.39, 0.29) is 6.04 Å². The van der Waals surface area contributed by atoms with Crippen LogP contribution in [-0.4, -0.2) is 9.55 Å². The van der Waals surface area contributed by atoms with Crippen LogP contribution in [0.2, 0.25) is 5.02 Å². The molecule has 1 aromatic heterocycles. The topological polar surface area (TPSA) is 20.7 Å². The van der Waals surface area contributed by atoms with Gasteiger partial charge in [0.2, 0.25) is 0 Å². The molecule has 96 valence electrons. The Bertz CT molecular complexity index is 774. The number of halogens is 1. The molecule has 3 aromatic rings. The van der Waals surface area contributed by atoms with E-state index in [9.17, 15) is 0 Å². The molecular weight excluding hydrogens is 276 g/mol. The Kier molecular flexibility index (Phi) is 3.17. The van der Waals surface area contributed by atoms with E-state index in [4.69, 9.17) is 23.8 Å². The fourth-order valence-corrected chi connectivity index (χ4v) is 3.01. The molecule has 3 rings (SSSR count). The molecule has 0 aliphatic carbocycles. The molecule has 0 spiro atoms. The van der Waals surface area contributed by atoms with Crippen molar-refractivity contribution in [1.82, 2.24) is 9.55 Å². The first kappa shape index (κ1) is 12.5. The zero-order valence-electron chi connectivity index (χ0n) is 10.4. The zero-order valence-corrected chi connectivity index (χ0v) is 12.0.